The molecule has 5 N–H and O–H groups in total. The van der Waals surface area contributed by atoms with Crippen LogP contribution in [0.15, 0.2) is 46.6 Å². The number of nitro groups is 2. The van der Waals surface area contributed by atoms with Gasteiger partial charge in [-0.05, 0) is 31.5 Å². The molecule has 0 aliphatic carbocycles. The van der Waals surface area contributed by atoms with E-state index >= 15 is 0 Å². The number of hydrazone groups is 2. The van der Waals surface area contributed by atoms with Crippen LogP contribution in [0.5, 0.6) is 11.5 Å². The first-order valence-electron chi connectivity index (χ1n) is 10.3. The Labute approximate surface area is 207 Å². The quantitative estimate of drug-likeness (QED) is 0.172. The summed E-state index contributed by atoms with van der Waals surface area (Å²) < 4.78 is 0. The van der Waals surface area contributed by atoms with Crippen molar-refractivity contribution in [3.8, 4) is 11.5 Å². The lowest BCUT2D eigenvalue weighted by Gasteiger charge is -2.03. The highest BCUT2D eigenvalue weighted by atomic mass is 16.6. The summed E-state index contributed by atoms with van der Waals surface area (Å²) in [6, 6.07) is 6.61. The van der Waals surface area contributed by atoms with Crippen molar-refractivity contribution in [3.05, 3.63) is 90.3 Å². The highest BCUT2D eigenvalue weighted by molar-refractivity contribution is 6.03. The number of carbonyl (C=O) groups excluding carboxylic acids is 2. The lowest BCUT2D eigenvalue weighted by atomic mass is 10.1. The summed E-state index contributed by atoms with van der Waals surface area (Å²) in [4.78, 5) is 48.4. The van der Waals surface area contributed by atoms with Gasteiger partial charge in [-0.2, -0.15) is 10.2 Å². The molecular weight excluding hydrogens is 490 g/mol. The van der Waals surface area contributed by atoms with E-state index in [9.17, 15) is 40.0 Å². The van der Waals surface area contributed by atoms with Crippen molar-refractivity contribution in [2.45, 2.75) is 13.8 Å². The second-order valence-electron chi connectivity index (χ2n) is 7.52. The highest BCUT2D eigenvalue weighted by Gasteiger charge is 2.22. The maximum Gasteiger partial charge on any atom is 0.288 e. The number of rotatable bonds is 8. The average Bonchev–Trinajstić information content (AvgIpc) is 3.14. The van der Waals surface area contributed by atoms with Crippen molar-refractivity contribution in [3.63, 3.8) is 0 Å². The van der Waals surface area contributed by atoms with Gasteiger partial charge in [0.25, 0.3) is 23.2 Å². The van der Waals surface area contributed by atoms with Gasteiger partial charge in [-0.25, -0.2) is 10.9 Å². The highest BCUT2D eigenvalue weighted by Crippen LogP contribution is 2.22. The van der Waals surface area contributed by atoms with Gasteiger partial charge in [0.1, 0.15) is 17.2 Å². The van der Waals surface area contributed by atoms with Crippen LogP contribution in [0, 0.1) is 34.1 Å². The number of H-pyrrole nitrogens is 1. The first kappa shape index (κ1) is 26.0. The number of benzene rings is 2. The molecule has 0 saturated carbocycles. The van der Waals surface area contributed by atoms with Gasteiger partial charge in [0, 0.05) is 41.1 Å². The zero-order valence-electron chi connectivity index (χ0n) is 19.3. The number of phenolic OH excluding ortho intramolecular Hbond substituents is 2. The van der Waals surface area contributed by atoms with Crippen LogP contribution in [0.4, 0.5) is 11.4 Å². The zero-order chi connectivity index (χ0) is 27.3. The molecule has 0 radical (unpaired) electrons. The molecule has 0 bridgehead atoms. The van der Waals surface area contributed by atoms with Crippen molar-refractivity contribution in [1.82, 2.24) is 15.8 Å². The Morgan fingerprint density at radius 2 is 1.32 bits per heavy atom. The van der Waals surface area contributed by atoms with Crippen molar-refractivity contribution in [2.75, 3.05) is 0 Å². The fourth-order valence-electron chi connectivity index (χ4n) is 3.27. The molecule has 0 aliphatic rings. The number of phenols is 2. The van der Waals surface area contributed by atoms with Crippen LogP contribution < -0.4 is 10.9 Å². The molecule has 2 aromatic carbocycles. The average molecular weight is 509 g/mol. The third-order valence-corrected chi connectivity index (χ3v) is 5.07. The van der Waals surface area contributed by atoms with Crippen LogP contribution in [0.2, 0.25) is 0 Å². The summed E-state index contributed by atoms with van der Waals surface area (Å²) in [5.41, 5.74) is 4.58. The number of hydrogen-bond acceptors (Lipinski definition) is 10. The van der Waals surface area contributed by atoms with E-state index in [2.05, 4.69) is 26.0 Å². The van der Waals surface area contributed by atoms with Gasteiger partial charge in [0.15, 0.2) is 0 Å². The molecule has 0 atom stereocenters. The standard InChI is InChI=1S/C22H19N7O8/c1-11-19(21(32)26-23-9-13-7-15(28(34)35)3-5-17(13)30)12(2)25-20(11)22(33)27-24-10-14-8-16(29(36)37)4-6-18(14)31/h3-10,25,30-31H,1-2H3,(H,26,32)(H,27,33)/b23-9-,24-10-. The number of nitrogens with one attached hydrogen (secondary N) is 3. The van der Waals surface area contributed by atoms with Gasteiger partial charge in [-0.1, -0.05) is 0 Å². The molecule has 0 aliphatic heterocycles. The maximum absolute atomic E-state index is 12.6. The molecule has 0 saturated heterocycles. The Kier molecular flexibility index (Phi) is 7.57. The molecule has 15 heteroatoms. The summed E-state index contributed by atoms with van der Waals surface area (Å²) in [5.74, 6) is -1.99. The van der Waals surface area contributed by atoms with E-state index in [0.717, 1.165) is 48.8 Å². The number of aromatic nitrogens is 1. The summed E-state index contributed by atoms with van der Waals surface area (Å²) in [5, 5.41) is 48.8. The van der Waals surface area contributed by atoms with Gasteiger partial charge >= 0.3 is 0 Å². The predicted molar refractivity (Wildman–Crippen MR) is 130 cm³/mol. The second kappa shape index (κ2) is 10.8. The van der Waals surface area contributed by atoms with E-state index < -0.39 is 21.7 Å². The van der Waals surface area contributed by atoms with E-state index in [1.807, 2.05) is 0 Å². The number of aryl methyl sites for hydroxylation is 1. The molecule has 0 fully saturated rings. The SMILES string of the molecule is Cc1[nH]c(C(=O)N/N=C\c2cc([N+](=O)[O-])ccc2O)c(C)c1C(=O)N/N=C\c1cc([N+](=O)[O-])ccc1O. The second-order valence-corrected chi connectivity index (χ2v) is 7.52. The number of hydrogen-bond donors (Lipinski definition) is 5. The van der Waals surface area contributed by atoms with Crippen molar-refractivity contribution in [1.29, 1.82) is 0 Å². The van der Waals surface area contributed by atoms with E-state index in [0.29, 0.717) is 5.69 Å². The minimum atomic E-state index is -0.731. The first-order chi connectivity index (χ1) is 17.5. The Hall–Kier alpha value is -5.60. The van der Waals surface area contributed by atoms with Gasteiger partial charge < -0.3 is 15.2 Å². The topological polar surface area (TPSA) is 225 Å². The lowest BCUT2D eigenvalue weighted by Crippen LogP contribution is -2.21. The fraction of sp³-hybridized carbons (Fsp3) is 0.0909. The van der Waals surface area contributed by atoms with Gasteiger partial charge in [-0.15, -0.1) is 0 Å². The van der Waals surface area contributed by atoms with E-state index in [1.165, 1.54) is 6.92 Å². The van der Waals surface area contributed by atoms with Crippen LogP contribution in [0.3, 0.4) is 0 Å². The smallest absolute Gasteiger partial charge is 0.288 e. The first-order valence-corrected chi connectivity index (χ1v) is 10.3. The maximum atomic E-state index is 12.6. The van der Waals surface area contributed by atoms with Gasteiger partial charge in [0.05, 0.1) is 27.8 Å². The molecule has 190 valence electrons. The molecule has 3 aromatic rings. The van der Waals surface area contributed by atoms with Crippen LogP contribution in [0.1, 0.15) is 43.2 Å². The van der Waals surface area contributed by atoms with Crippen molar-refractivity contribution >= 4 is 35.6 Å². The monoisotopic (exact) mass is 509 g/mol. The lowest BCUT2D eigenvalue weighted by molar-refractivity contribution is -0.385. The third kappa shape index (κ3) is 5.91. The van der Waals surface area contributed by atoms with E-state index in [4.69, 9.17) is 0 Å². The molecule has 0 unspecified atom stereocenters. The largest absolute Gasteiger partial charge is 0.507 e. The number of nitro benzene ring substituents is 2. The molecule has 3 rings (SSSR count). The Morgan fingerprint density at radius 3 is 1.78 bits per heavy atom. The molecule has 2 amide bonds. The van der Waals surface area contributed by atoms with Crippen LogP contribution >= 0.6 is 0 Å². The number of carbonyl (C=O) groups is 2. The Bertz CT molecular complexity index is 1480. The predicted octanol–water partition coefficient (Wildman–Crippen LogP) is 2.39. The number of amides is 2. The molecule has 1 heterocycles. The summed E-state index contributed by atoms with van der Waals surface area (Å²) in [6.07, 6.45) is 2.06. The summed E-state index contributed by atoms with van der Waals surface area (Å²) >= 11 is 0. The molecule has 0 spiro atoms. The normalized spacial score (nSPS) is 11.1. The third-order valence-electron chi connectivity index (χ3n) is 5.07. The van der Waals surface area contributed by atoms with Crippen molar-refractivity contribution < 1.29 is 29.6 Å². The van der Waals surface area contributed by atoms with Gasteiger partial charge in [0.2, 0.25) is 0 Å². The van der Waals surface area contributed by atoms with E-state index in [-0.39, 0.29) is 50.8 Å². The fourth-order valence-corrected chi connectivity index (χ4v) is 3.27. The Morgan fingerprint density at radius 1 is 0.865 bits per heavy atom. The molecule has 1 aromatic heterocycles. The summed E-state index contributed by atoms with van der Waals surface area (Å²) in [6.45, 7) is 3.04. The molecule has 37 heavy (non-hydrogen) atoms. The zero-order valence-corrected chi connectivity index (χ0v) is 19.3. The molecular formula is C22H19N7O8. The van der Waals surface area contributed by atoms with Crippen LogP contribution in [-0.2, 0) is 0 Å². The minimum absolute atomic E-state index is 0.00148. The minimum Gasteiger partial charge on any atom is -0.507 e. The summed E-state index contributed by atoms with van der Waals surface area (Å²) in [7, 11) is 0. The van der Waals surface area contributed by atoms with Crippen LogP contribution in [-0.4, -0.2) is 49.3 Å². The Balaban J connectivity index is 1.72. The van der Waals surface area contributed by atoms with Crippen molar-refractivity contribution in [2.24, 2.45) is 10.2 Å². The van der Waals surface area contributed by atoms with Crippen LogP contribution in [0.25, 0.3) is 0 Å². The molecule has 15 nitrogen and oxygen atoms in total. The number of aromatic hydroxyl groups is 2. The van der Waals surface area contributed by atoms with Gasteiger partial charge in [-0.3, -0.25) is 29.8 Å². The number of nitrogens with zero attached hydrogens (tertiary/aromatic N) is 4. The number of non-ortho nitro benzene ring substituents is 2. The number of aromatic amines is 1. The van der Waals surface area contributed by atoms with E-state index in [1.54, 1.807) is 6.92 Å².